The highest BCUT2D eigenvalue weighted by Gasteiger charge is 2.34. The third-order valence-corrected chi connectivity index (χ3v) is 7.35. The number of amides is 1. The lowest BCUT2D eigenvalue weighted by atomic mass is 9.84. The number of nitrogens with zero attached hydrogens (tertiary/aromatic N) is 5. The molecule has 1 N–H and O–H groups in total. The third-order valence-electron chi connectivity index (χ3n) is 6.22. The van der Waals surface area contributed by atoms with E-state index in [4.69, 9.17) is 4.52 Å². The van der Waals surface area contributed by atoms with E-state index in [2.05, 4.69) is 39.3 Å². The van der Waals surface area contributed by atoms with Gasteiger partial charge in [-0.3, -0.25) is 19.5 Å². The lowest BCUT2D eigenvalue weighted by molar-refractivity contribution is -0.122. The van der Waals surface area contributed by atoms with Gasteiger partial charge in [0, 0.05) is 31.9 Å². The largest absolute Gasteiger partial charge is 0.361 e. The number of likely N-dealkylation sites (tertiary alicyclic amines) is 1. The number of Topliss-reactive ketones (excluding diaryl/α,β-unsaturated/α-hetero) is 1. The van der Waals surface area contributed by atoms with E-state index < -0.39 is 0 Å². The van der Waals surface area contributed by atoms with Gasteiger partial charge in [-0.15, -0.1) is 11.3 Å². The van der Waals surface area contributed by atoms with E-state index >= 15 is 0 Å². The summed E-state index contributed by atoms with van der Waals surface area (Å²) < 4.78 is 6.98. The van der Waals surface area contributed by atoms with E-state index in [9.17, 15) is 9.59 Å². The Morgan fingerprint density at radius 3 is 2.63 bits per heavy atom. The van der Waals surface area contributed by atoms with Crippen LogP contribution in [0.2, 0.25) is 0 Å². The molecular weight excluding hydrogens is 464 g/mol. The van der Waals surface area contributed by atoms with E-state index in [1.165, 1.54) is 11.3 Å². The average Bonchev–Trinajstić information content (AvgIpc) is 3.43. The zero-order chi connectivity index (χ0) is 24.9. The summed E-state index contributed by atoms with van der Waals surface area (Å²) in [6.45, 7) is 12.3. The average molecular weight is 493 g/mol. The second kappa shape index (κ2) is 8.69. The van der Waals surface area contributed by atoms with Crippen LogP contribution >= 0.6 is 11.3 Å². The number of thiazole rings is 1. The summed E-state index contributed by atoms with van der Waals surface area (Å²) in [7, 11) is 0. The maximum absolute atomic E-state index is 13.2. The number of fused-ring (bicyclic) bond motifs is 1. The highest BCUT2D eigenvalue weighted by molar-refractivity contribution is 7.21. The van der Waals surface area contributed by atoms with Crippen molar-refractivity contribution in [2.24, 2.45) is 5.41 Å². The second-order valence-corrected chi connectivity index (χ2v) is 11.1. The van der Waals surface area contributed by atoms with Crippen LogP contribution in [0.25, 0.3) is 15.3 Å². The van der Waals surface area contributed by atoms with Crippen molar-refractivity contribution in [3.05, 3.63) is 52.9 Å². The van der Waals surface area contributed by atoms with Gasteiger partial charge in [0.25, 0.3) is 5.91 Å². The van der Waals surface area contributed by atoms with Crippen molar-refractivity contribution in [3.8, 4) is 10.4 Å². The number of anilines is 1. The van der Waals surface area contributed by atoms with Crippen molar-refractivity contribution in [2.45, 2.75) is 41.0 Å². The number of aromatic nitrogens is 4. The summed E-state index contributed by atoms with van der Waals surface area (Å²) in [6, 6.07) is 1.84. The van der Waals surface area contributed by atoms with Gasteiger partial charge in [-0.25, -0.2) is 4.52 Å². The fraction of sp³-hybridized carbons (Fsp3) is 0.400. The molecular formula is C25H28N6O3S. The van der Waals surface area contributed by atoms with Gasteiger partial charge in [0.05, 0.1) is 45.8 Å². The lowest BCUT2D eigenvalue weighted by Gasteiger charge is -2.45. The van der Waals surface area contributed by atoms with Crippen LogP contribution in [0.1, 0.15) is 46.9 Å². The number of nitrogens with one attached hydrogen (secondary N) is 1. The molecule has 0 aromatic carbocycles. The van der Waals surface area contributed by atoms with Crippen molar-refractivity contribution in [1.82, 2.24) is 24.7 Å². The molecule has 5 heterocycles. The second-order valence-electron chi connectivity index (χ2n) is 10.1. The van der Waals surface area contributed by atoms with Gasteiger partial charge in [0.15, 0.2) is 5.78 Å². The minimum atomic E-state index is -0.275. The molecule has 0 spiro atoms. The van der Waals surface area contributed by atoms with Gasteiger partial charge in [-0.2, -0.15) is 5.10 Å². The minimum absolute atomic E-state index is 0.146. The van der Waals surface area contributed by atoms with Crippen LogP contribution < -0.4 is 5.32 Å². The minimum Gasteiger partial charge on any atom is -0.361 e. The standard InChI is InChI=1S/C25H28N6O3S/c1-14-20(7-17(8-26-14)6-18(32)10-30-12-25(4,5)13-30)28-23(33)19-9-27-31-11-21(35-24(19)31)22-15(2)29-34-16(22)3/h7-9,11H,6,10,12-13H2,1-5H3,(H,28,33). The number of hydrogen-bond acceptors (Lipinski definition) is 8. The number of rotatable bonds is 7. The lowest BCUT2D eigenvalue weighted by Crippen LogP contribution is -2.54. The van der Waals surface area contributed by atoms with Gasteiger partial charge >= 0.3 is 0 Å². The fourth-order valence-electron chi connectivity index (χ4n) is 4.69. The van der Waals surface area contributed by atoms with E-state index in [1.807, 2.05) is 33.0 Å². The van der Waals surface area contributed by atoms with Crippen molar-refractivity contribution in [3.63, 3.8) is 0 Å². The molecule has 5 rings (SSSR count). The molecule has 1 aliphatic heterocycles. The Balaban J connectivity index is 1.31. The number of carbonyl (C=O) groups is 2. The number of hydrogen-bond donors (Lipinski definition) is 1. The van der Waals surface area contributed by atoms with Crippen molar-refractivity contribution in [2.75, 3.05) is 25.0 Å². The van der Waals surface area contributed by atoms with Crippen molar-refractivity contribution >= 4 is 33.5 Å². The molecule has 35 heavy (non-hydrogen) atoms. The number of aryl methyl sites for hydroxylation is 3. The molecule has 1 saturated heterocycles. The summed E-state index contributed by atoms with van der Waals surface area (Å²) in [6.07, 6.45) is 5.43. The molecule has 182 valence electrons. The van der Waals surface area contributed by atoms with Gasteiger partial charge in [-0.05, 0) is 37.8 Å². The topological polar surface area (TPSA) is 106 Å². The maximum Gasteiger partial charge on any atom is 0.260 e. The zero-order valence-electron chi connectivity index (χ0n) is 20.5. The molecule has 0 atom stereocenters. The van der Waals surface area contributed by atoms with Crippen LogP contribution in [0.3, 0.4) is 0 Å². The van der Waals surface area contributed by atoms with Crippen LogP contribution in [0.4, 0.5) is 5.69 Å². The highest BCUT2D eigenvalue weighted by atomic mass is 32.1. The highest BCUT2D eigenvalue weighted by Crippen LogP contribution is 2.34. The summed E-state index contributed by atoms with van der Waals surface area (Å²) in [5.41, 5.74) is 4.54. The van der Waals surface area contributed by atoms with Gasteiger partial charge in [0.2, 0.25) is 0 Å². The van der Waals surface area contributed by atoms with E-state index in [0.29, 0.717) is 28.9 Å². The maximum atomic E-state index is 13.2. The summed E-state index contributed by atoms with van der Waals surface area (Å²) in [4.78, 5) is 33.9. The van der Waals surface area contributed by atoms with E-state index in [1.54, 1.807) is 16.9 Å². The number of ketones is 1. The molecule has 9 nitrogen and oxygen atoms in total. The smallest absolute Gasteiger partial charge is 0.260 e. The SMILES string of the molecule is Cc1ncc(CC(=O)CN2CC(C)(C)C2)cc1NC(=O)c1cnn2cc(-c3c(C)noc3C)sc12. The van der Waals surface area contributed by atoms with Crippen LogP contribution in [-0.2, 0) is 11.2 Å². The first-order chi connectivity index (χ1) is 16.6. The number of pyridine rings is 1. The van der Waals surface area contributed by atoms with Crippen LogP contribution in [0.15, 0.2) is 29.2 Å². The molecule has 1 amide bonds. The Bertz CT molecular complexity index is 1420. The molecule has 0 unspecified atom stereocenters. The van der Waals surface area contributed by atoms with Gasteiger partial charge in [0.1, 0.15) is 10.6 Å². The Hall–Kier alpha value is -3.37. The van der Waals surface area contributed by atoms with E-state index in [0.717, 1.165) is 45.4 Å². The molecule has 0 bridgehead atoms. The summed E-state index contributed by atoms with van der Waals surface area (Å²) >= 11 is 1.46. The van der Waals surface area contributed by atoms with Crippen LogP contribution in [0.5, 0.6) is 0 Å². The fourth-order valence-corrected chi connectivity index (χ4v) is 5.89. The van der Waals surface area contributed by atoms with Crippen molar-refractivity contribution < 1.29 is 14.1 Å². The molecule has 1 aliphatic rings. The Kier molecular flexibility index (Phi) is 5.80. The molecule has 0 saturated carbocycles. The molecule has 0 aliphatic carbocycles. The third kappa shape index (κ3) is 4.63. The first-order valence-corrected chi connectivity index (χ1v) is 12.3. The van der Waals surface area contributed by atoms with Crippen LogP contribution in [-0.4, -0.2) is 56.0 Å². The number of carbonyl (C=O) groups excluding carboxylic acids is 2. The molecule has 10 heteroatoms. The zero-order valence-corrected chi connectivity index (χ0v) is 21.3. The predicted octanol–water partition coefficient (Wildman–Crippen LogP) is 4.08. The van der Waals surface area contributed by atoms with Gasteiger partial charge < -0.3 is 9.84 Å². The summed E-state index contributed by atoms with van der Waals surface area (Å²) in [5.74, 6) is 0.597. The molecule has 4 aromatic rings. The Morgan fingerprint density at radius 2 is 1.94 bits per heavy atom. The quantitative estimate of drug-likeness (QED) is 0.414. The van der Waals surface area contributed by atoms with Crippen molar-refractivity contribution in [1.29, 1.82) is 0 Å². The van der Waals surface area contributed by atoms with E-state index in [-0.39, 0.29) is 18.1 Å². The predicted molar refractivity (Wildman–Crippen MR) is 134 cm³/mol. The first-order valence-electron chi connectivity index (χ1n) is 11.5. The molecule has 0 radical (unpaired) electrons. The van der Waals surface area contributed by atoms with Crippen LogP contribution in [0, 0.1) is 26.2 Å². The van der Waals surface area contributed by atoms with Gasteiger partial charge in [-0.1, -0.05) is 19.0 Å². The molecule has 1 fully saturated rings. The normalized spacial score (nSPS) is 15.3. The Morgan fingerprint density at radius 1 is 1.17 bits per heavy atom. The summed E-state index contributed by atoms with van der Waals surface area (Å²) in [5, 5.41) is 11.3. The monoisotopic (exact) mass is 492 g/mol. The Labute approximate surface area is 207 Å². The molecule has 4 aromatic heterocycles. The first kappa shape index (κ1) is 23.4.